The molecular weight excluding hydrogens is 766 g/mol. The Balaban J connectivity index is 0.00000351. The summed E-state index contributed by atoms with van der Waals surface area (Å²) >= 11 is 0. The molecule has 47 heavy (non-hydrogen) atoms. The Bertz CT molecular complexity index is 2210. The summed E-state index contributed by atoms with van der Waals surface area (Å²) in [5.41, 5.74) is 8.84. The van der Waals surface area contributed by atoms with Crippen LogP contribution in [0.5, 0.6) is 17.2 Å². The van der Waals surface area contributed by atoms with Gasteiger partial charge >= 0.3 is 21.1 Å². The Morgan fingerprint density at radius 3 is 2.40 bits per heavy atom. The van der Waals surface area contributed by atoms with Crippen molar-refractivity contribution in [2.24, 2.45) is 0 Å². The van der Waals surface area contributed by atoms with Crippen LogP contribution in [0.4, 0.5) is 5.69 Å². The van der Waals surface area contributed by atoms with Crippen molar-refractivity contribution in [2.45, 2.75) is 26.7 Å². The Morgan fingerprint density at radius 2 is 1.60 bits per heavy atom. The molecule has 0 N–H and O–H groups in total. The molecule has 7 nitrogen and oxygen atoms in total. The fourth-order valence-corrected chi connectivity index (χ4v) is 6.71. The van der Waals surface area contributed by atoms with Gasteiger partial charge < -0.3 is 18.9 Å². The Kier molecular flexibility index (Phi) is 8.33. The summed E-state index contributed by atoms with van der Waals surface area (Å²) in [6.45, 7) is 6.66. The number of pyridine rings is 1. The maximum absolute atomic E-state index is 6.36. The fraction of sp³-hybridized carbons (Fsp3) is 0.179. The van der Waals surface area contributed by atoms with E-state index in [0.717, 1.165) is 57.7 Å². The predicted octanol–water partition coefficient (Wildman–Crippen LogP) is 8.65. The van der Waals surface area contributed by atoms with Crippen LogP contribution in [0.25, 0.3) is 44.4 Å². The molecule has 0 aliphatic carbocycles. The largest absolute Gasteiger partial charge is 2.00 e. The van der Waals surface area contributed by atoms with Gasteiger partial charge in [0, 0.05) is 59.8 Å². The van der Waals surface area contributed by atoms with Gasteiger partial charge in [0.25, 0.3) is 0 Å². The van der Waals surface area contributed by atoms with Crippen molar-refractivity contribution >= 4 is 27.5 Å². The van der Waals surface area contributed by atoms with E-state index in [4.69, 9.17) is 14.6 Å². The van der Waals surface area contributed by atoms with Gasteiger partial charge in [-0.05, 0) is 78.7 Å². The SMILES string of the molecule is COc1ccnc(-n2c3[c-]c(Oc4[c-]c(-n5cc(-c6c(C)cc(N7CCCC7)cc6C)cn5)ccc4)ccc3c3ccccc32)c1.[Pt+2]. The third-order valence-corrected chi connectivity index (χ3v) is 8.82. The number of hydrogen-bond acceptors (Lipinski definition) is 5. The van der Waals surface area contributed by atoms with Gasteiger partial charge in [0.15, 0.2) is 0 Å². The second kappa shape index (κ2) is 12.7. The van der Waals surface area contributed by atoms with E-state index in [1.54, 1.807) is 13.3 Å². The maximum atomic E-state index is 6.36. The summed E-state index contributed by atoms with van der Waals surface area (Å²) in [5, 5.41) is 6.89. The molecule has 8 rings (SSSR count). The molecule has 4 heterocycles. The first-order chi connectivity index (χ1) is 22.6. The number of ether oxygens (including phenoxy) is 2. The smallest absolute Gasteiger partial charge is 0.509 e. The molecular formula is C39H33N5O2Pt. The van der Waals surface area contributed by atoms with Gasteiger partial charge in [0.2, 0.25) is 0 Å². The van der Waals surface area contributed by atoms with E-state index in [-0.39, 0.29) is 21.1 Å². The van der Waals surface area contributed by atoms with Crippen LogP contribution in [0.3, 0.4) is 0 Å². The Morgan fingerprint density at radius 1 is 0.809 bits per heavy atom. The molecule has 4 aromatic carbocycles. The molecule has 0 amide bonds. The first kappa shape index (κ1) is 30.8. The zero-order chi connectivity index (χ0) is 31.2. The van der Waals surface area contributed by atoms with Crippen LogP contribution in [-0.4, -0.2) is 39.5 Å². The summed E-state index contributed by atoms with van der Waals surface area (Å²) in [6.07, 6.45) is 8.29. The van der Waals surface area contributed by atoms with Crippen molar-refractivity contribution in [3.8, 4) is 39.9 Å². The zero-order valence-corrected chi connectivity index (χ0v) is 28.7. The molecule has 0 radical (unpaired) electrons. The number of methoxy groups -OCH3 is 1. The maximum Gasteiger partial charge on any atom is 2.00 e. The molecule has 0 spiro atoms. The summed E-state index contributed by atoms with van der Waals surface area (Å²) < 4.78 is 15.8. The molecule has 0 bridgehead atoms. The molecule has 1 fully saturated rings. The molecule has 236 valence electrons. The number of nitrogens with zero attached hydrogens (tertiary/aromatic N) is 5. The number of fused-ring (bicyclic) bond motifs is 3. The third-order valence-electron chi connectivity index (χ3n) is 8.82. The summed E-state index contributed by atoms with van der Waals surface area (Å²) in [6, 6.07) is 33.4. The van der Waals surface area contributed by atoms with E-state index in [1.807, 2.05) is 59.4 Å². The van der Waals surface area contributed by atoms with Crippen molar-refractivity contribution in [1.29, 1.82) is 0 Å². The van der Waals surface area contributed by atoms with Crippen molar-refractivity contribution < 1.29 is 30.5 Å². The quantitative estimate of drug-likeness (QED) is 0.151. The molecule has 0 unspecified atom stereocenters. The minimum Gasteiger partial charge on any atom is -0.509 e. The fourth-order valence-electron chi connectivity index (χ4n) is 6.71. The van der Waals surface area contributed by atoms with Crippen LogP contribution in [0, 0.1) is 26.0 Å². The van der Waals surface area contributed by atoms with E-state index in [0.29, 0.717) is 11.5 Å². The van der Waals surface area contributed by atoms with Crippen molar-refractivity contribution in [1.82, 2.24) is 19.3 Å². The van der Waals surface area contributed by atoms with Crippen LogP contribution in [-0.2, 0) is 21.1 Å². The Labute approximate surface area is 288 Å². The van der Waals surface area contributed by atoms with Crippen molar-refractivity contribution in [3.63, 3.8) is 0 Å². The van der Waals surface area contributed by atoms with Gasteiger partial charge in [-0.15, -0.1) is 35.7 Å². The van der Waals surface area contributed by atoms with Crippen LogP contribution in [0.15, 0.2) is 97.5 Å². The summed E-state index contributed by atoms with van der Waals surface area (Å²) in [5.74, 6) is 2.65. The predicted molar refractivity (Wildman–Crippen MR) is 183 cm³/mol. The molecule has 1 saturated heterocycles. The topological polar surface area (TPSA) is 57.3 Å². The summed E-state index contributed by atoms with van der Waals surface area (Å²) in [4.78, 5) is 7.13. The zero-order valence-electron chi connectivity index (χ0n) is 26.4. The van der Waals surface area contributed by atoms with Crippen LogP contribution < -0.4 is 14.4 Å². The monoisotopic (exact) mass is 798 g/mol. The van der Waals surface area contributed by atoms with Gasteiger partial charge in [-0.25, -0.2) is 4.98 Å². The third kappa shape index (κ3) is 5.70. The number of para-hydroxylation sites is 1. The number of hydrogen-bond donors (Lipinski definition) is 0. The average Bonchev–Trinajstić information content (AvgIpc) is 3.85. The van der Waals surface area contributed by atoms with Crippen molar-refractivity contribution in [3.05, 3.63) is 121 Å². The second-order valence-corrected chi connectivity index (χ2v) is 11.8. The molecule has 7 aromatic rings. The minimum absolute atomic E-state index is 0. The number of benzene rings is 4. The van der Waals surface area contributed by atoms with Gasteiger partial charge in [-0.2, -0.15) is 17.2 Å². The molecule has 8 heteroatoms. The number of anilines is 1. The first-order valence-corrected chi connectivity index (χ1v) is 15.6. The van der Waals surface area contributed by atoms with Gasteiger partial charge in [0.1, 0.15) is 11.6 Å². The number of aromatic nitrogens is 4. The first-order valence-electron chi connectivity index (χ1n) is 15.6. The van der Waals surface area contributed by atoms with Gasteiger partial charge in [0.05, 0.1) is 13.3 Å². The molecule has 1 aliphatic rings. The Hall–Kier alpha value is -4.87. The standard InChI is InChI=1S/C39H33N5O2.Pt/c1-26-19-30(42-17-6-7-18-42)20-27(2)39(26)28-24-41-43(25-28)29-9-8-10-32(21-29)46-33-13-14-35-34-11-4-5-12-36(34)44(37(35)22-33)38-23-31(45-3)15-16-40-38;/h4-5,8-16,19-20,23-25H,6-7,17-18H2,1-3H3;/q-2;+2. The minimum atomic E-state index is 0. The van der Waals surface area contributed by atoms with E-state index in [1.165, 1.54) is 35.2 Å². The van der Waals surface area contributed by atoms with Crippen LogP contribution in [0.1, 0.15) is 24.0 Å². The molecule has 3 aromatic heterocycles. The van der Waals surface area contributed by atoms with Crippen molar-refractivity contribution in [2.75, 3.05) is 25.1 Å². The normalized spacial score (nSPS) is 12.9. The second-order valence-electron chi connectivity index (χ2n) is 11.8. The van der Waals surface area contributed by atoms with Crippen LogP contribution >= 0.6 is 0 Å². The molecule has 0 saturated carbocycles. The number of aryl methyl sites for hydroxylation is 2. The van der Waals surface area contributed by atoms with E-state index in [2.05, 4.69) is 77.0 Å². The average molecular weight is 799 g/mol. The van der Waals surface area contributed by atoms with E-state index in [9.17, 15) is 0 Å². The van der Waals surface area contributed by atoms with Gasteiger partial charge in [-0.1, -0.05) is 23.7 Å². The van der Waals surface area contributed by atoms with Gasteiger partial charge in [-0.3, -0.25) is 4.68 Å². The number of rotatable bonds is 7. The molecule has 1 aliphatic heterocycles. The summed E-state index contributed by atoms with van der Waals surface area (Å²) in [7, 11) is 1.66. The van der Waals surface area contributed by atoms with E-state index >= 15 is 0 Å². The molecule has 0 atom stereocenters. The van der Waals surface area contributed by atoms with E-state index < -0.39 is 0 Å². The van der Waals surface area contributed by atoms with Crippen LogP contribution in [0.2, 0.25) is 0 Å².